The second kappa shape index (κ2) is 8.01. The molecule has 0 bridgehead atoms. The zero-order valence-electron chi connectivity index (χ0n) is 14.8. The van der Waals surface area contributed by atoms with Gasteiger partial charge in [-0.3, -0.25) is 0 Å². The molecule has 1 aromatic carbocycles. The highest BCUT2D eigenvalue weighted by atomic mass is 32.2. The van der Waals surface area contributed by atoms with E-state index in [2.05, 4.69) is 9.62 Å². The number of para-hydroxylation sites is 1. The van der Waals surface area contributed by atoms with Gasteiger partial charge in [0.05, 0.1) is 25.4 Å². The molecule has 2 aliphatic rings. The number of nitrogens with zero attached hydrogens (tertiary/aromatic N) is 2. The predicted molar refractivity (Wildman–Crippen MR) is 96.8 cm³/mol. The number of anilines is 1. The van der Waals surface area contributed by atoms with Crippen LogP contribution in [0, 0.1) is 0 Å². The molecule has 0 saturated carbocycles. The van der Waals surface area contributed by atoms with E-state index in [1.165, 1.54) is 4.31 Å². The van der Waals surface area contributed by atoms with E-state index in [-0.39, 0.29) is 18.8 Å². The summed E-state index contributed by atoms with van der Waals surface area (Å²) in [5, 5.41) is 0. The summed E-state index contributed by atoms with van der Waals surface area (Å²) in [6.45, 7) is 7.86. The third-order valence-electron chi connectivity index (χ3n) is 4.51. The van der Waals surface area contributed by atoms with Crippen molar-refractivity contribution in [2.24, 2.45) is 0 Å². The lowest BCUT2D eigenvalue weighted by Crippen LogP contribution is -2.51. The zero-order chi connectivity index (χ0) is 17.9. The van der Waals surface area contributed by atoms with Crippen molar-refractivity contribution in [3.63, 3.8) is 0 Å². The van der Waals surface area contributed by atoms with Crippen molar-refractivity contribution in [3.05, 3.63) is 29.8 Å². The lowest BCUT2D eigenvalue weighted by Gasteiger charge is -2.34. The molecule has 1 N–H and O–H groups in total. The third-order valence-corrected chi connectivity index (χ3v) is 6.00. The summed E-state index contributed by atoms with van der Waals surface area (Å²) in [5.74, 6) is 0. The number of hydrogen-bond donors (Lipinski definition) is 1. The maximum absolute atomic E-state index is 12.7. The lowest BCUT2D eigenvalue weighted by molar-refractivity contribution is -0.0444. The molecule has 1 aromatic rings. The Morgan fingerprint density at radius 2 is 1.76 bits per heavy atom. The Labute approximate surface area is 150 Å². The number of ether oxygens (including phenoxy) is 2. The summed E-state index contributed by atoms with van der Waals surface area (Å²) in [4.78, 5) is 2.24. The van der Waals surface area contributed by atoms with Crippen LogP contribution in [0.15, 0.2) is 24.3 Å². The van der Waals surface area contributed by atoms with Crippen molar-refractivity contribution >= 4 is 15.9 Å². The molecule has 2 saturated heterocycles. The van der Waals surface area contributed by atoms with E-state index in [0.717, 1.165) is 24.3 Å². The highest BCUT2D eigenvalue weighted by Crippen LogP contribution is 2.22. The van der Waals surface area contributed by atoms with Gasteiger partial charge < -0.3 is 14.4 Å². The lowest BCUT2D eigenvalue weighted by atomic mass is 10.1. The van der Waals surface area contributed by atoms with Crippen molar-refractivity contribution in [1.29, 1.82) is 0 Å². The minimum Gasteiger partial charge on any atom is -0.378 e. The van der Waals surface area contributed by atoms with Gasteiger partial charge in [-0.1, -0.05) is 18.2 Å². The summed E-state index contributed by atoms with van der Waals surface area (Å²) >= 11 is 0. The van der Waals surface area contributed by atoms with Gasteiger partial charge >= 0.3 is 0 Å². The van der Waals surface area contributed by atoms with Gasteiger partial charge in [-0.25, -0.2) is 0 Å². The molecule has 0 aliphatic carbocycles. The molecule has 2 aliphatic heterocycles. The molecule has 2 atom stereocenters. The minimum absolute atomic E-state index is 0.0963. The molecule has 3 rings (SSSR count). The second-order valence-electron chi connectivity index (χ2n) is 6.63. The number of hydrogen-bond acceptors (Lipinski definition) is 5. The molecule has 2 fully saturated rings. The van der Waals surface area contributed by atoms with Crippen LogP contribution in [-0.2, 0) is 26.2 Å². The summed E-state index contributed by atoms with van der Waals surface area (Å²) in [5.41, 5.74) is 2.04. The number of rotatable bonds is 5. The molecule has 25 heavy (non-hydrogen) atoms. The van der Waals surface area contributed by atoms with Crippen molar-refractivity contribution in [3.8, 4) is 0 Å². The molecule has 0 aromatic heterocycles. The van der Waals surface area contributed by atoms with E-state index < -0.39 is 10.2 Å². The number of benzene rings is 1. The number of morpholine rings is 2. The topological polar surface area (TPSA) is 71.1 Å². The highest BCUT2D eigenvalue weighted by Gasteiger charge is 2.30. The molecule has 8 heteroatoms. The van der Waals surface area contributed by atoms with E-state index in [4.69, 9.17) is 9.47 Å². The standard InChI is InChI=1S/C17H27N3O4S/c1-14-12-20(13-15(2)24-14)25(21,22)18-11-16-5-3-4-6-17(16)19-7-9-23-10-8-19/h3-6,14-15,18H,7-13H2,1-2H3. The van der Waals surface area contributed by atoms with Crippen molar-refractivity contribution in [2.45, 2.75) is 32.6 Å². The van der Waals surface area contributed by atoms with Crippen LogP contribution in [-0.4, -0.2) is 64.3 Å². The number of nitrogens with one attached hydrogen (secondary N) is 1. The molecule has 7 nitrogen and oxygen atoms in total. The normalized spacial score (nSPS) is 25.9. The van der Waals surface area contributed by atoms with Crippen LogP contribution in [0.5, 0.6) is 0 Å². The molecule has 0 amide bonds. The first-order valence-corrected chi connectivity index (χ1v) is 10.2. The van der Waals surface area contributed by atoms with Crippen molar-refractivity contribution in [2.75, 3.05) is 44.3 Å². The SMILES string of the molecule is CC1CN(S(=O)(=O)NCc2ccccc2N2CCOCC2)CC(C)O1. The van der Waals surface area contributed by atoms with Crippen molar-refractivity contribution < 1.29 is 17.9 Å². The molecular formula is C17H27N3O4S. The summed E-state index contributed by atoms with van der Waals surface area (Å²) in [6, 6.07) is 7.92. The largest absolute Gasteiger partial charge is 0.378 e. The Morgan fingerprint density at radius 3 is 2.44 bits per heavy atom. The predicted octanol–water partition coefficient (Wildman–Crippen LogP) is 0.967. The fraction of sp³-hybridized carbons (Fsp3) is 0.647. The monoisotopic (exact) mass is 369 g/mol. The first-order valence-electron chi connectivity index (χ1n) is 8.76. The van der Waals surface area contributed by atoms with E-state index in [1.807, 2.05) is 38.1 Å². The average Bonchev–Trinajstić information content (AvgIpc) is 2.60. The van der Waals surface area contributed by atoms with Crippen LogP contribution in [0.2, 0.25) is 0 Å². The fourth-order valence-electron chi connectivity index (χ4n) is 3.36. The van der Waals surface area contributed by atoms with Crippen LogP contribution in [0.4, 0.5) is 5.69 Å². The quantitative estimate of drug-likeness (QED) is 0.837. The maximum Gasteiger partial charge on any atom is 0.279 e. The van der Waals surface area contributed by atoms with Crippen molar-refractivity contribution in [1.82, 2.24) is 9.03 Å². The first-order chi connectivity index (χ1) is 12.0. The van der Waals surface area contributed by atoms with Gasteiger partial charge in [-0.15, -0.1) is 0 Å². The Morgan fingerprint density at radius 1 is 1.12 bits per heavy atom. The van der Waals surface area contributed by atoms with Gasteiger partial charge in [0.2, 0.25) is 0 Å². The van der Waals surface area contributed by atoms with Crippen LogP contribution in [0.25, 0.3) is 0 Å². The smallest absolute Gasteiger partial charge is 0.279 e. The fourth-order valence-corrected chi connectivity index (χ4v) is 4.69. The van der Waals surface area contributed by atoms with Gasteiger partial charge in [-0.05, 0) is 25.5 Å². The minimum atomic E-state index is -3.53. The molecular weight excluding hydrogens is 342 g/mol. The van der Waals surface area contributed by atoms with E-state index in [1.54, 1.807) is 0 Å². The Hall–Kier alpha value is -1.19. The first kappa shape index (κ1) is 18.6. The zero-order valence-corrected chi connectivity index (χ0v) is 15.7. The molecule has 2 unspecified atom stereocenters. The molecule has 2 heterocycles. The summed E-state index contributed by atoms with van der Waals surface area (Å²) in [6.07, 6.45) is -0.193. The van der Waals surface area contributed by atoms with Crippen LogP contribution < -0.4 is 9.62 Å². The average molecular weight is 369 g/mol. The van der Waals surface area contributed by atoms with Crippen LogP contribution in [0.1, 0.15) is 19.4 Å². The van der Waals surface area contributed by atoms with E-state index in [0.29, 0.717) is 26.3 Å². The van der Waals surface area contributed by atoms with Crippen LogP contribution >= 0.6 is 0 Å². The molecule has 140 valence electrons. The van der Waals surface area contributed by atoms with E-state index >= 15 is 0 Å². The molecule has 0 radical (unpaired) electrons. The summed E-state index contributed by atoms with van der Waals surface area (Å²) < 4.78 is 40.6. The van der Waals surface area contributed by atoms with E-state index in [9.17, 15) is 8.42 Å². The summed E-state index contributed by atoms with van der Waals surface area (Å²) in [7, 11) is -3.53. The molecule has 0 spiro atoms. The van der Waals surface area contributed by atoms with Gasteiger partial charge in [0.15, 0.2) is 0 Å². The second-order valence-corrected chi connectivity index (χ2v) is 8.38. The van der Waals surface area contributed by atoms with Gasteiger partial charge in [-0.2, -0.15) is 17.4 Å². The highest BCUT2D eigenvalue weighted by molar-refractivity contribution is 7.87. The Balaban J connectivity index is 1.68. The maximum atomic E-state index is 12.7. The Kier molecular flexibility index (Phi) is 5.96. The Bertz CT molecular complexity index is 666. The van der Waals surface area contributed by atoms with Crippen LogP contribution in [0.3, 0.4) is 0 Å². The third kappa shape index (κ3) is 4.71. The van der Waals surface area contributed by atoms with Gasteiger partial charge in [0, 0.05) is 38.4 Å². The van der Waals surface area contributed by atoms with Gasteiger partial charge in [0.25, 0.3) is 10.2 Å². The van der Waals surface area contributed by atoms with Gasteiger partial charge in [0.1, 0.15) is 0 Å².